The quantitative estimate of drug-likeness (QED) is 0.885. The first-order valence-corrected chi connectivity index (χ1v) is 9.42. The van der Waals surface area contributed by atoms with E-state index in [-0.39, 0.29) is 18.4 Å². The summed E-state index contributed by atoms with van der Waals surface area (Å²) in [6.07, 6.45) is 0. The fourth-order valence-electron chi connectivity index (χ4n) is 3.38. The van der Waals surface area contributed by atoms with E-state index in [1.807, 2.05) is 30.0 Å². The summed E-state index contributed by atoms with van der Waals surface area (Å²) in [6, 6.07) is 15.9. The number of amides is 2. The van der Waals surface area contributed by atoms with Gasteiger partial charge >= 0.3 is 0 Å². The lowest BCUT2D eigenvalue weighted by Gasteiger charge is -2.34. The Kier molecular flexibility index (Phi) is 6.24. The van der Waals surface area contributed by atoms with Crippen LogP contribution in [-0.2, 0) is 11.3 Å². The van der Waals surface area contributed by atoms with Crippen LogP contribution in [-0.4, -0.2) is 54.3 Å². The summed E-state index contributed by atoms with van der Waals surface area (Å²) >= 11 is 0. The molecule has 5 nitrogen and oxygen atoms in total. The van der Waals surface area contributed by atoms with Crippen LogP contribution in [0.3, 0.4) is 0 Å². The minimum Gasteiger partial charge on any atom is -0.343 e. The molecule has 27 heavy (non-hydrogen) atoms. The predicted molar refractivity (Wildman–Crippen MR) is 107 cm³/mol. The number of piperazine rings is 1. The van der Waals surface area contributed by atoms with Crippen LogP contribution < -0.4 is 5.32 Å². The van der Waals surface area contributed by atoms with Crippen LogP contribution in [0.2, 0.25) is 0 Å². The lowest BCUT2D eigenvalue weighted by Crippen LogP contribution is -2.50. The van der Waals surface area contributed by atoms with Crippen LogP contribution >= 0.6 is 0 Å². The van der Waals surface area contributed by atoms with Crippen molar-refractivity contribution in [3.05, 3.63) is 70.8 Å². The molecule has 2 amide bonds. The van der Waals surface area contributed by atoms with Crippen LogP contribution in [0.4, 0.5) is 0 Å². The molecule has 1 heterocycles. The van der Waals surface area contributed by atoms with E-state index in [9.17, 15) is 9.59 Å². The molecule has 1 aliphatic rings. The minimum atomic E-state index is -0.204. The summed E-state index contributed by atoms with van der Waals surface area (Å²) in [4.78, 5) is 28.8. The van der Waals surface area contributed by atoms with E-state index < -0.39 is 0 Å². The highest BCUT2D eigenvalue weighted by Gasteiger charge is 2.21. The Morgan fingerprint density at radius 1 is 0.926 bits per heavy atom. The molecule has 0 aliphatic carbocycles. The van der Waals surface area contributed by atoms with Gasteiger partial charge in [0, 0.05) is 38.3 Å². The highest BCUT2D eigenvalue weighted by atomic mass is 16.2. The van der Waals surface area contributed by atoms with Crippen molar-refractivity contribution in [1.29, 1.82) is 0 Å². The Morgan fingerprint density at radius 3 is 2.26 bits per heavy atom. The molecule has 1 aliphatic heterocycles. The second-order valence-corrected chi connectivity index (χ2v) is 7.20. The van der Waals surface area contributed by atoms with Gasteiger partial charge in [-0.05, 0) is 31.5 Å². The van der Waals surface area contributed by atoms with E-state index >= 15 is 0 Å². The van der Waals surface area contributed by atoms with Crippen LogP contribution in [0.25, 0.3) is 0 Å². The predicted octanol–water partition coefficient (Wildman–Crippen LogP) is 2.38. The van der Waals surface area contributed by atoms with Gasteiger partial charge in [0.25, 0.3) is 5.91 Å². The Labute approximate surface area is 161 Å². The lowest BCUT2D eigenvalue weighted by molar-refractivity contribution is -0.131. The Morgan fingerprint density at radius 2 is 1.59 bits per heavy atom. The zero-order valence-corrected chi connectivity index (χ0v) is 16.1. The van der Waals surface area contributed by atoms with Crippen molar-refractivity contribution < 1.29 is 9.59 Å². The van der Waals surface area contributed by atoms with Crippen LogP contribution in [0, 0.1) is 13.8 Å². The van der Waals surface area contributed by atoms with Gasteiger partial charge in [0.15, 0.2) is 0 Å². The van der Waals surface area contributed by atoms with E-state index in [1.54, 1.807) is 6.07 Å². The summed E-state index contributed by atoms with van der Waals surface area (Å²) in [5.41, 5.74) is 4.19. The van der Waals surface area contributed by atoms with Crippen molar-refractivity contribution in [1.82, 2.24) is 15.1 Å². The molecule has 2 aromatic rings. The third-order valence-corrected chi connectivity index (χ3v) is 4.89. The molecule has 1 saturated heterocycles. The number of carbonyl (C=O) groups is 2. The van der Waals surface area contributed by atoms with E-state index in [1.165, 1.54) is 11.1 Å². The van der Waals surface area contributed by atoms with Crippen molar-refractivity contribution in [3.8, 4) is 0 Å². The Balaban J connectivity index is 1.43. The highest BCUT2D eigenvalue weighted by Crippen LogP contribution is 2.10. The molecule has 142 valence electrons. The highest BCUT2D eigenvalue weighted by molar-refractivity contribution is 5.96. The SMILES string of the molecule is Cc1cccc(CN2CCN(C(=O)CNC(=O)c3cccc(C)c3)CC2)c1. The van der Waals surface area contributed by atoms with Crippen LogP contribution in [0.1, 0.15) is 27.0 Å². The number of hydrogen-bond donors (Lipinski definition) is 1. The molecule has 1 N–H and O–H groups in total. The van der Waals surface area contributed by atoms with Crippen molar-refractivity contribution >= 4 is 11.8 Å². The topological polar surface area (TPSA) is 52.6 Å². The van der Waals surface area contributed by atoms with Gasteiger partial charge in [0.2, 0.25) is 5.91 Å². The summed E-state index contributed by atoms with van der Waals surface area (Å²) in [5.74, 6) is -0.226. The molecular formula is C22H27N3O2. The molecule has 0 aromatic heterocycles. The third kappa shape index (κ3) is 5.41. The molecule has 0 bridgehead atoms. The smallest absolute Gasteiger partial charge is 0.251 e. The molecular weight excluding hydrogens is 338 g/mol. The summed E-state index contributed by atoms with van der Waals surface area (Å²) in [5, 5.41) is 2.74. The minimum absolute atomic E-state index is 0.0220. The normalized spacial score (nSPS) is 14.8. The maximum Gasteiger partial charge on any atom is 0.251 e. The summed E-state index contributed by atoms with van der Waals surface area (Å²) in [6.45, 7) is 8.11. The van der Waals surface area contributed by atoms with Crippen molar-refractivity contribution in [2.45, 2.75) is 20.4 Å². The van der Waals surface area contributed by atoms with Gasteiger partial charge in [0.1, 0.15) is 0 Å². The number of rotatable bonds is 5. The number of aryl methyl sites for hydroxylation is 2. The third-order valence-electron chi connectivity index (χ3n) is 4.89. The number of carbonyl (C=O) groups excluding carboxylic acids is 2. The van der Waals surface area contributed by atoms with Crippen molar-refractivity contribution in [2.75, 3.05) is 32.7 Å². The number of nitrogens with zero attached hydrogens (tertiary/aromatic N) is 2. The molecule has 0 atom stereocenters. The van der Waals surface area contributed by atoms with Crippen molar-refractivity contribution in [3.63, 3.8) is 0 Å². The second-order valence-electron chi connectivity index (χ2n) is 7.20. The fraction of sp³-hybridized carbons (Fsp3) is 0.364. The zero-order valence-electron chi connectivity index (χ0n) is 16.1. The fourth-order valence-corrected chi connectivity index (χ4v) is 3.38. The van der Waals surface area contributed by atoms with Gasteiger partial charge < -0.3 is 10.2 Å². The maximum atomic E-state index is 12.4. The molecule has 0 unspecified atom stereocenters. The molecule has 3 rings (SSSR count). The first kappa shape index (κ1) is 19.1. The lowest BCUT2D eigenvalue weighted by atomic mass is 10.1. The van der Waals surface area contributed by atoms with Gasteiger partial charge in [0.05, 0.1) is 6.54 Å². The number of benzene rings is 2. The van der Waals surface area contributed by atoms with E-state index in [2.05, 4.69) is 41.4 Å². The maximum absolute atomic E-state index is 12.4. The molecule has 2 aromatic carbocycles. The van der Waals surface area contributed by atoms with Crippen LogP contribution in [0.5, 0.6) is 0 Å². The van der Waals surface area contributed by atoms with Gasteiger partial charge in [-0.2, -0.15) is 0 Å². The monoisotopic (exact) mass is 365 g/mol. The molecule has 5 heteroatoms. The van der Waals surface area contributed by atoms with E-state index in [0.717, 1.165) is 25.2 Å². The van der Waals surface area contributed by atoms with E-state index in [0.29, 0.717) is 18.7 Å². The second kappa shape index (κ2) is 8.82. The summed E-state index contributed by atoms with van der Waals surface area (Å²) in [7, 11) is 0. The first-order chi connectivity index (χ1) is 13.0. The van der Waals surface area contributed by atoms with Gasteiger partial charge in [-0.3, -0.25) is 14.5 Å². The largest absolute Gasteiger partial charge is 0.343 e. The molecule has 0 spiro atoms. The molecule has 0 radical (unpaired) electrons. The molecule has 0 saturated carbocycles. The summed E-state index contributed by atoms with van der Waals surface area (Å²) < 4.78 is 0. The van der Waals surface area contributed by atoms with Gasteiger partial charge in [-0.15, -0.1) is 0 Å². The number of nitrogens with one attached hydrogen (secondary N) is 1. The average molecular weight is 365 g/mol. The standard InChI is InChI=1S/C22H27N3O2/c1-17-5-3-7-19(13-17)16-24-9-11-25(12-10-24)21(26)15-23-22(27)20-8-4-6-18(2)14-20/h3-8,13-14H,9-12,15-16H2,1-2H3,(H,23,27). The molecule has 1 fully saturated rings. The average Bonchev–Trinajstić information content (AvgIpc) is 2.66. The Hall–Kier alpha value is -2.66. The van der Waals surface area contributed by atoms with Gasteiger partial charge in [-0.1, -0.05) is 47.5 Å². The zero-order chi connectivity index (χ0) is 19.2. The number of hydrogen-bond acceptors (Lipinski definition) is 3. The van der Waals surface area contributed by atoms with Crippen LogP contribution in [0.15, 0.2) is 48.5 Å². The van der Waals surface area contributed by atoms with Gasteiger partial charge in [-0.25, -0.2) is 0 Å². The Bertz CT molecular complexity index is 811. The van der Waals surface area contributed by atoms with Crippen molar-refractivity contribution in [2.24, 2.45) is 0 Å². The van der Waals surface area contributed by atoms with E-state index in [4.69, 9.17) is 0 Å². The first-order valence-electron chi connectivity index (χ1n) is 9.42.